The van der Waals surface area contributed by atoms with E-state index in [-0.39, 0.29) is 0 Å². The van der Waals surface area contributed by atoms with Gasteiger partial charge in [0.2, 0.25) is 6.41 Å². The van der Waals surface area contributed by atoms with Gasteiger partial charge in [0, 0.05) is 0 Å². The lowest BCUT2D eigenvalue weighted by molar-refractivity contribution is -0.109. The summed E-state index contributed by atoms with van der Waals surface area (Å²) in [6.07, 6.45) is 1.97. The lowest BCUT2D eigenvalue weighted by Gasteiger charge is -1.95. The molecule has 0 aliphatic rings. The molecule has 1 N–H and O–H groups in total. The number of hydrogen-bond donors (Lipinski definition) is 1. The van der Waals surface area contributed by atoms with E-state index in [4.69, 9.17) is 0 Å². The quantitative estimate of drug-likeness (QED) is 0.308. The Kier molecular flexibility index (Phi) is 5.27. The Balaban J connectivity index is 2.71. The van der Waals surface area contributed by atoms with Crippen LogP contribution < -0.4 is 5.32 Å². The SMILES string of the molecule is C=COCCNC=O. The van der Waals surface area contributed by atoms with Crippen molar-refractivity contribution in [2.45, 2.75) is 0 Å². The minimum atomic E-state index is 0.488. The average Bonchev–Trinajstić information content (AvgIpc) is 1.81. The highest BCUT2D eigenvalue weighted by atomic mass is 16.5. The minimum Gasteiger partial charge on any atom is -0.500 e. The van der Waals surface area contributed by atoms with Crippen LogP contribution in [0, 0.1) is 0 Å². The molecule has 0 spiro atoms. The summed E-state index contributed by atoms with van der Waals surface area (Å²) in [5, 5.41) is 2.43. The third-order valence-corrected chi connectivity index (χ3v) is 0.565. The Morgan fingerprint density at radius 2 is 2.50 bits per heavy atom. The maximum atomic E-state index is 9.58. The van der Waals surface area contributed by atoms with Crippen LogP contribution in [0.1, 0.15) is 0 Å². The van der Waals surface area contributed by atoms with Crippen LogP contribution >= 0.6 is 0 Å². The summed E-state index contributed by atoms with van der Waals surface area (Å²) in [5.74, 6) is 0. The minimum absolute atomic E-state index is 0.488. The average molecular weight is 115 g/mol. The number of carbonyl (C=O) groups excluding carboxylic acids is 1. The number of amides is 1. The summed E-state index contributed by atoms with van der Waals surface area (Å²) >= 11 is 0. The van der Waals surface area contributed by atoms with Gasteiger partial charge < -0.3 is 10.1 Å². The molecular weight excluding hydrogens is 106 g/mol. The summed E-state index contributed by atoms with van der Waals surface area (Å²) in [6.45, 7) is 4.35. The number of nitrogens with one attached hydrogen (secondary N) is 1. The fraction of sp³-hybridized carbons (Fsp3) is 0.400. The smallest absolute Gasteiger partial charge is 0.207 e. The first kappa shape index (κ1) is 7.01. The highest BCUT2D eigenvalue weighted by molar-refractivity contribution is 5.45. The van der Waals surface area contributed by atoms with Crippen molar-refractivity contribution in [2.75, 3.05) is 13.2 Å². The monoisotopic (exact) mass is 115 g/mol. The van der Waals surface area contributed by atoms with Gasteiger partial charge in [-0.3, -0.25) is 4.79 Å². The standard InChI is InChI=1S/C5H9NO2/c1-2-8-4-3-6-5-7/h2,5H,1,3-4H2,(H,6,7). The Labute approximate surface area is 48.3 Å². The largest absolute Gasteiger partial charge is 0.500 e. The Bertz CT molecular complexity index is 62.8. The third kappa shape index (κ3) is 5.01. The maximum absolute atomic E-state index is 9.58. The number of rotatable bonds is 5. The second-order valence-electron chi connectivity index (χ2n) is 1.11. The molecule has 1 amide bonds. The van der Waals surface area contributed by atoms with Gasteiger partial charge in [-0.25, -0.2) is 0 Å². The molecule has 0 radical (unpaired) electrons. The summed E-state index contributed by atoms with van der Waals surface area (Å²) in [5.41, 5.74) is 0. The molecule has 0 aromatic heterocycles. The van der Waals surface area contributed by atoms with E-state index >= 15 is 0 Å². The number of carbonyl (C=O) groups is 1. The lowest BCUT2D eigenvalue weighted by atomic mass is 10.7. The molecular formula is C5H9NO2. The van der Waals surface area contributed by atoms with Crippen molar-refractivity contribution in [1.82, 2.24) is 5.32 Å². The Morgan fingerprint density at radius 1 is 1.75 bits per heavy atom. The van der Waals surface area contributed by atoms with Crippen LogP contribution in [0.25, 0.3) is 0 Å². The highest BCUT2D eigenvalue weighted by Crippen LogP contribution is 1.67. The summed E-state index contributed by atoms with van der Waals surface area (Å²) in [6, 6.07) is 0. The molecule has 3 heteroatoms. The molecule has 0 aliphatic carbocycles. The zero-order valence-corrected chi connectivity index (χ0v) is 4.59. The van der Waals surface area contributed by atoms with Crippen LogP contribution in [0.4, 0.5) is 0 Å². The van der Waals surface area contributed by atoms with E-state index in [2.05, 4.69) is 16.6 Å². The van der Waals surface area contributed by atoms with Crippen molar-refractivity contribution in [3.63, 3.8) is 0 Å². The van der Waals surface area contributed by atoms with Crippen molar-refractivity contribution in [1.29, 1.82) is 0 Å². The molecule has 46 valence electrons. The van der Waals surface area contributed by atoms with Crippen LogP contribution in [0.2, 0.25) is 0 Å². The molecule has 0 aromatic rings. The predicted octanol–water partition coefficient (Wildman–Crippen LogP) is -0.108. The number of hydrogen-bond acceptors (Lipinski definition) is 2. The predicted molar refractivity (Wildman–Crippen MR) is 30.2 cm³/mol. The molecule has 0 aromatic carbocycles. The molecule has 3 nitrogen and oxygen atoms in total. The van der Waals surface area contributed by atoms with Gasteiger partial charge >= 0.3 is 0 Å². The molecule has 0 heterocycles. The number of ether oxygens (including phenoxy) is 1. The molecule has 0 saturated heterocycles. The first-order chi connectivity index (χ1) is 3.91. The Morgan fingerprint density at radius 3 is 3.00 bits per heavy atom. The van der Waals surface area contributed by atoms with Crippen LogP contribution in [0.15, 0.2) is 12.8 Å². The third-order valence-electron chi connectivity index (χ3n) is 0.565. The van der Waals surface area contributed by atoms with Crippen molar-refractivity contribution >= 4 is 6.41 Å². The van der Waals surface area contributed by atoms with E-state index in [1.54, 1.807) is 0 Å². The first-order valence-electron chi connectivity index (χ1n) is 2.31. The molecule has 8 heavy (non-hydrogen) atoms. The second-order valence-corrected chi connectivity index (χ2v) is 1.11. The first-order valence-corrected chi connectivity index (χ1v) is 2.31. The van der Waals surface area contributed by atoms with Gasteiger partial charge in [-0.1, -0.05) is 6.58 Å². The highest BCUT2D eigenvalue weighted by Gasteiger charge is 1.77. The molecule has 0 aliphatic heterocycles. The van der Waals surface area contributed by atoms with E-state index in [9.17, 15) is 4.79 Å². The topological polar surface area (TPSA) is 38.3 Å². The van der Waals surface area contributed by atoms with Gasteiger partial charge in [-0.15, -0.1) is 0 Å². The van der Waals surface area contributed by atoms with Gasteiger partial charge in [-0.2, -0.15) is 0 Å². The lowest BCUT2D eigenvalue weighted by Crippen LogP contribution is -2.16. The van der Waals surface area contributed by atoms with Crippen molar-refractivity contribution < 1.29 is 9.53 Å². The van der Waals surface area contributed by atoms with Crippen molar-refractivity contribution in [3.8, 4) is 0 Å². The normalized spacial score (nSPS) is 7.50. The summed E-state index contributed by atoms with van der Waals surface area (Å²) < 4.78 is 4.68. The van der Waals surface area contributed by atoms with Crippen LogP contribution in [0.5, 0.6) is 0 Å². The fourth-order valence-electron chi connectivity index (χ4n) is 0.260. The molecule has 0 fully saturated rings. The van der Waals surface area contributed by atoms with Crippen molar-refractivity contribution in [3.05, 3.63) is 12.8 Å². The zero-order valence-electron chi connectivity index (χ0n) is 4.59. The molecule has 0 saturated carbocycles. The van der Waals surface area contributed by atoms with E-state index in [0.29, 0.717) is 19.6 Å². The maximum Gasteiger partial charge on any atom is 0.207 e. The van der Waals surface area contributed by atoms with E-state index in [1.807, 2.05) is 0 Å². The van der Waals surface area contributed by atoms with Crippen molar-refractivity contribution in [2.24, 2.45) is 0 Å². The van der Waals surface area contributed by atoms with Gasteiger partial charge in [0.1, 0.15) is 6.61 Å². The molecule has 0 unspecified atom stereocenters. The van der Waals surface area contributed by atoms with E-state index in [1.165, 1.54) is 6.26 Å². The van der Waals surface area contributed by atoms with Gasteiger partial charge in [0.25, 0.3) is 0 Å². The second kappa shape index (κ2) is 6.01. The van der Waals surface area contributed by atoms with Gasteiger partial charge in [0.05, 0.1) is 12.8 Å². The molecule has 0 atom stereocenters. The fourth-order valence-corrected chi connectivity index (χ4v) is 0.260. The van der Waals surface area contributed by atoms with E-state index < -0.39 is 0 Å². The summed E-state index contributed by atoms with van der Waals surface area (Å²) in [4.78, 5) is 9.58. The zero-order chi connectivity index (χ0) is 6.24. The van der Waals surface area contributed by atoms with Crippen LogP contribution in [-0.4, -0.2) is 19.6 Å². The Hall–Kier alpha value is -0.990. The van der Waals surface area contributed by atoms with Crippen LogP contribution in [-0.2, 0) is 9.53 Å². The van der Waals surface area contributed by atoms with Gasteiger partial charge in [0.15, 0.2) is 0 Å². The summed E-state index contributed by atoms with van der Waals surface area (Å²) in [7, 11) is 0. The van der Waals surface area contributed by atoms with E-state index in [0.717, 1.165) is 0 Å². The van der Waals surface area contributed by atoms with Crippen LogP contribution in [0.3, 0.4) is 0 Å². The molecule has 0 bridgehead atoms. The molecule has 0 rings (SSSR count). The van der Waals surface area contributed by atoms with Gasteiger partial charge in [-0.05, 0) is 0 Å².